The van der Waals surface area contributed by atoms with E-state index in [1.165, 1.54) is 30.3 Å². The Bertz CT molecular complexity index is 3580. The molecule has 0 radical (unpaired) electrons. The molecule has 0 aliphatic carbocycles. The first-order valence-corrected chi connectivity index (χ1v) is 23.4. The lowest BCUT2D eigenvalue weighted by molar-refractivity contribution is 0.472. The summed E-state index contributed by atoms with van der Waals surface area (Å²) in [5, 5.41) is 21.0. The van der Waals surface area contributed by atoms with Gasteiger partial charge in [-0.15, -0.1) is 10.2 Å². The van der Waals surface area contributed by atoms with Crippen LogP contribution in [0.4, 0.5) is 34.1 Å². The second-order valence-electron chi connectivity index (χ2n) is 12.1. The summed E-state index contributed by atoms with van der Waals surface area (Å²) in [7, 11) is -24.8. The molecule has 5 aromatic carbocycles. The van der Waals surface area contributed by atoms with Crippen LogP contribution in [0.2, 0.25) is 5.28 Å². The van der Waals surface area contributed by atoms with Gasteiger partial charge in [0.15, 0.2) is 5.75 Å². The monoisotopic (exact) mass is 958 g/mol. The topological polar surface area (TPSA) is 398 Å². The molecule has 0 amide bonds. The van der Waals surface area contributed by atoms with Crippen molar-refractivity contribution in [3.63, 3.8) is 0 Å². The van der Waals surface area contributed by atoms with E-state index in [2.05, 4.69) is 40.5 Å². The molecule has 1 aromatic heterocycles. The summed E-state index contributed by atoms with van der Waals surface area (Å²) in [5.41, 5.74) is -3.24. The zero-order chi connectivity index (χ0) is 44.9. The molecule has 0 bridgehead atoms. The summed E-state index contributed by atoms with van der Waals surface area (Å²) >= 11 is 6.05. The van der Waals surface area contributed by atoms with Crippen LogP contribution in [-0.4, -0.2) is 84.9 Å². The second kappa shape index (κ2) is 16.1. The Morgan fingerprint density at radius 3 is 1.82 bits per heavy atom. The Morgan fingerprint density at radius 1 is 0.574 bits per heavy atom. The molecule has 320 valence electrons. The molecule has 6 rings (SSSR count). The Balaban J connectivity index is 1.47. The van der Waals surface area contributed by atoms with Crippen molar-refractivity contribution in [2.75, 3.05) is 5.32 Å². The van der Waals surface area contributed by atoms with Crippen molar-refractivity contribution in [2.24, 2.45) is 20.2 Å². The third-order valence-corrected chi connectivity index (χ3v) is 12.4. The zero-order valence-electron chi connectivity index (χ0n) is 29.5. The van der Waals surface area contributed by atoms with Gasteiger partial charge in [-0.25, -0.2) is 9.98 Å². The summed E-state index contributed by atoms with van der Waals surface area (Å²) in [6, 6.07) is 14.4. The summed E-state index contributed by atoms with van der Waals surface area (Å²) in [6.45, 7) is 0. The first kappa shape index (κ1) is 44.6. The highest BCUT2D eigenvalue weighted by atomic mass is 35.5. The number of aromatic nitrogens is 3. The number of fused-ring (bicyclic) bond motifs is 1. The summed E-state index contributed by atoms with van der Waals surface area (Å²) < 4.78 is 168. The average Bonchev–Trinajstić information content (AvgIpc) is 3.12. The van der Waals surface area contributed by atoms with Crippen LogP contribution in [0.25, 0.3) is 10.8 Å². The van der Waals surface area contributed by atoms with Crippen LogP contribution in [0.15, 0.2) is 130 Å². The van der Waals surface area contributed by atoms with E-state index in [1.54, 1.807) is 0 Å². The molecule has 9 N–H and O–H groups in total. The average molecular weight is 959 g/mol. The van der Waals surface area contributed by atoms with Crippen molar-refractivity contribution in [3.05, 3.63) is 101 Å². The van der Waals surface area contributed by atoms with Gasteiger partial charge in [0, 0.05) is 16.8 Å². The van der Waals surface area contributed by atoms with Crippen LogP contribution < -0.4 is 16.6 Å². The van der Waals surface area contributed by atoms with E-state index in [-0.39, 0.29) is 27.8 Å². The number of hydrogen-bond acceptors (Lipinski definition) is 17. The number of benzene rings is 5. The predicted molar refractivity (Wildman–Crippen MR) is 210 cm³/mol. The van der Waals surface area contributed by atoms with Crippen molar-refractivity contribution >= 4 is 107 Å². The molecule has 0 spiro atoms. The third-order valence-electron chi connectivity index (χ3n) is 7.86. The molecular weight excluding hydrogens is 936 g/mol. The Morgan fingerprint density at radius 2 is 1.18 bits per heavy atom. The van der Waals surface area contributed by atoms with E-state index in [0.29, 0.717) is 18.2 Å². The fourth-order valence-electron chi connectivity index (χ4n) is 5.29. The Kier molecular flexibility index (Phi) is 11.8. The number of nitrogens with one attached hydrogen (secondary N) is 3. The van der Waals surface area contributed by atoms with Gasteiger partial charge in [0.1, 0.15) is 26.1 Å². The lowest BCUT2D eigenvalue weighted by Crippen LogP contribution is -2.26. The van der Waals surface area contributed by atoms with Crippen LogP contribution in [-0.2, 0) is 50.6 Å². The number of aromatic amines is 2. The van der Waals surface area contributed by atoms with E-state index >= 15 is 0 Å². The number of H-pyrrole nitrogens is 2. The van der Waals surface area contributed by atoms with Gasteiger partial charge in [-0.05, 0) is 89.8 Å². The fourth-order valence-corrected chi connectivity index (χ4v) is 8.35. The minimum absolute atomic E-state index is 0.0229. The smallest absolute Gasteiger partial charge is 0.296 e. The molecule has 0 aliphatic rings. The van der Waals surface area contributed by atoms with Crippen molar-refractivity contribution in [2.45, 2.75) is 24.5 Å². The molecule has 0 saturated heterocycles. The highest BCUT2D eigenvalue weighted by molar-refractivity contribution is 7.87. The molecular formula is C31H23ClN8O16S5. The minimum atomic E-state index is -5.19. The van der Waals surface area contributed by atoms with Crippen molar-refractivity contribution in [1.82, 2.24) is 15.0 Å². The van der Waals surface area contributed by atoms with Gasteiger partial charge in [-0.1, -0.05) is 12.1 Å². The predicted octanol–water partition coefficient (Wildman–Crippen LogP) is 4.11. The number of halogens is 1. The normalized spacial score (nSPS) is 13.6. The lowest BCUT2D eigenvalue weighted by atomic mass is 10.1. The van der Waals surface area contributed by atoms with Gasteiger partial charge in [0.05, 0.1) is 21.2 Å². The highest BCUT2D eigenvalue weighted by Crippen LogP contribution is 2.43. The maximum atomic E-state index is 12.5. The van der Waals surface area contributed by atoms with Crippen molar-refractivity contribution < 1.29 is 70.0 Å². The van der Waals surface area contributed by atoms with Gasteiger partial charge in [0.25, 0.3) is 50.6 Å². The van der Waals surface area contributed by atoms with Crippen molar-refractivity contribution in [1.29, 1.82) is 0 Å². The first-order chi connectivity index (χ1) is 28.2. The summed E-state index contributed by atoms with van der Waals surface area (Å²) in [5.74, 6) is -0.914. The molecule has 30 heteroatoms. The number of nitrogens with zero attached hydrogens (tertiary/aromatic N) is 5. The van der Waals surface area contributed by atoms with Crippen LogP contribution in [0.3, 0.4) is 0 Å². The molecule has 24 nitrogen and oxygen atoms in total. The van der Waals surface area contributed by atoms with Gasteiger partial charge < -0.3 is 15.4 Å². The van der Waals surface area contributed by atoms with Crippen LogP contribution in [0.1, 0.15) is 0 Å². The number of anilines is 2. The number of aromatic hydroxyl groups is 1. The molecule has 6 aromatic rings. The van der Waals surface area contributed by atoms with Gasteiger partial charge in [0.2, 0.25) is 16.5 Å². The van der Waals surface area contributed by atoms with Crippen LogP contribution >= 0.6 is 11.6 Å². The molecule has 1 heterocycles. The van der Waals surface area contributed by atoms with E-state index in [0.717, 1.165) is 36.4 Å². The van der Waals surface area contributed by atoms with Crippen LogP contribution in [0, 0.1) is 0 Å². The van der Waals surface area contributed by atoms with Gasteiger partial charge >= 0.3 is 0 Å². The number of phenols is 1. The molecule has 0 atom stereocenters. The molecule has 0 fully saturated rings. The zero-order valence-corrected chi connectivity index (χ0v) is 34.3. The molecule has 0 saturated carbocycles. The molecule has 61 heavy (non-hydrogen) atoms. The third kappa shape index (κ3) is 10.5. The number of phenolic OH excluding ortho intramolecular Hbond substituents is 1. The fraction of sp³-hybridized carbons (Fsp3) is 0. The van der Waals surface area contributed by atoms with E-state index in [9.17, 15) is 70.0 Å². The van der Waals surface area contributed by atoms with E-state index < -0.39 is 114 Å². The van der Waals surface area contributed by atoms with Gasteiger partial charge in [-0.2, -0.15) is 47.1 Å². The first-order valence-electron chi connectivity index (χ1n) is 15.9. The van der Waals surface area contributed by atoms with E-state index in [4.69, 9.17) is 11.6 Å². The summed E-state index contributed by atoms with van der Waals surface area (Å²) in [4.78, 5) is 12.6. The van der Waals surface area contributed by atoms with Gasteiger partial charge in [-0.3, -0.25) is 27.7 Å². The highest BCUT2D eigenvalue weighted by Gasteiger charge is 2.24. The number of rotatable bonds is 11. The largest absolute Gasteiger partial charge is 0.505 e. The molecule has 0 aliphatic heterocycles. The number of azo groups is 1. The standard InChI is InChI=1S/C31H23ClN8O16S5/c32-29-36-30(38-31(37-29)35-22-14-20(58(45,46)47)7-9-24(22)59(48,49)50)34-18-6-8-25(60(51,52)53)23(13-18)39-40-27-26(61(54,55)56)10-15-4-5-17(12-21(15)28(27)41)33-16-2-1-3-19(11-16)57(42,43)44/h1-14,33,41H,(H,42,43,44)(H,45,46,47)(H,48,49,50)(H,51,52,53)(H,54,55,56)(H2,34,35,36,37,38). The van der Waals surface area contributed by atoms with Crippen LogP contribution in [0.5, 0.6) is 5.75 Å². The SMILES string of the molecule is O=S(=O)(O)c1cccc(Nc2ccc3cc(S(=O)(=O)O)c(N=Nc4cc(N=c5nc(Cl)[nH]c(=Nc6cc(S(=O)(=O)O)ccc6S(=O)(=O)O)[nH]5)ccc4S(=O)(=O)O)c(O)c3c2)c1. The maximum absolute atomic E-state index is 12.5. The molecule has 0 unspecified atom stereocenters. The minimum Gasteiger partial charge on any atom is -0.505 e. The Labute approximate surface area is 347 Å². The van der Waals surface area contributed by atoms with Crippen molar-refractivity contribution in [3.8, 4) is 5.75 Å². The quantitative estimate of drug-likeness (QED) is 0.0651. The number of hydrogen-bond donors (Lipinski definition) is 9. The van der Waals surface area contributed by atoms with E-state index in [1.807, 2.05) is 0 Å². The Hall–Kier alpha value is -5.99. The maximum Gasteiger partial charge on any atom is 0.296 e. The lowest BCUT2D eigenvalue weighted by Gasteiger charge is -2.12. The summed E-state index contributed by atoms with van der Waals surface area (Å²) in [6.07, 6.45) is 0. The second-order valence-corrected chi connectivity index (χ2v) is 19.4.